The van der Waals surface area contributed by atoms with Crippen molar-refractivity contribution in [1.29, 1.82) is 0 Å². The molecule has 5 aromatic rings. The molecule has 62 heavy (non-hydrogen) atoms. The van der Waals surface area contributed by atoms with Gasteiger partial charge < -0.3 is 45.4 Å². The first-order valence-corrected chi connectivity index (χ1v) is 19.8. The van der Waals surface area contributed by atoms with E-state index in [9.17, 15) is 48.4 Å². The number of benzene rings is 3. The number of aliphatic hydroxyl groups excluding tert-OH is 2. The molecule has 3 atom stereocenters. The van der Waals surface area contributed by atoms with E-state index in [2.05, 4.69) is 25.8 Å². The van der Waals surface area contributed by atoms with Crippen LogP contribution in [0.25, 0.3) is 17.1 Å². The Kier molecular flexibility index (Phi) is 12.4. The zero-order chi connectivity index (χ0) is 44.5. The summed E-state index contributed by atoms with van der Waals surface area (Å²) in [4.78, 5) is 57.3. The van der Waals surface area contributed by atoms with Gasteiger partial charge in [-0.15, -0.1) is 10.2 Å². The SMILES string of the molecule is CCNC(=O)c1nnc(-c2cc(C(C)C)c(O)cc2O)n1-c1ccc(Oc2ccc(C(=O)N3CCC(C(=O)Nc4ccn([C@@H]5OC(CO)[C@@H](O)C5(F)F)c(=O)n4)CC3)cc2)cc1. The van der Waals surface area contributed by atoms with Crippen LogP contribution in [0.3, 0.4) is 0 Å². The maximum absolute atomic E-state index is 14.5. The van der Waals surface area contributed by atoms with E-state index in [4.69, 9.17) is 9.47 Å². The van der Waals surface area contributed by atoms with E-state index in [1.54, 1.807) is 66.4 Å². The van der Waals surface area contributed by atoms with Gasteiger partial charge in [-0.3, -0.25) is 23.5 Å². The Labute approximate surface area is 352 Å². The summed E-state index contributed by atoms with van der Waals surface area (Å²) in [6.07, 6.45) is -4.54. The van der Waals surface area contributed by atoms with Crippen LogP contribution < -0.4 is 21.1 Å². The Morgan fingerprint density at radius 1 is 0.968 bits per heavy atom. The molecule has 2 fully saturated rings. The standard InChI is InChI=1S/C42H44F2N8O10/c1-4-45-38(58)36-49-48-35(29-19-28(22(2)3)30(54)20-31(29)55)52(36)25-7-11-27(12-8-25)61-26-9-5-24(6-10-26)39(59)50-16-13-23(14-17-50)37(57)46-33-15-18-51(41(60)47-33)40-42(43,44)34(56)32(21-53)62-40/h5-12,15,18-20,22-23,32,34,40,53-56H,4,13-14,16-17,21H2,1-3H3,(H,45,58)(H,46,47,57,60)/t32?,34-,40-/m1/s1. The number of ether oxygens (including phenoxy) is 2. The second-order valence-electron chi connectivity index (χ2n) is 15.1. The van der Waals surface area contributed by atoms with E-state index < -0.39 is 54.4 Å². The molecule has 2 aliphatic heterocycles. The fourth-order valence-electron chi connectivity index (χ4n) is 7.33. The zero-order valence-corrected chi connectivity index (χ0v) is 33.7. The van der Waals surface area contributed by atoms with E-state index in [-0.39, 0.29) is 59.4 Å². The number of aromatic nitrogens is 5. The molecule has 7 rings (SSSR count). The first-order chi connectivity index (χ1) is 29.6. The Hall–Kier alpha value is -6.77. The summed E-state index contributed by atoms with van der Waals surface area (Å²) in [5.74, 6) is -5.12. The molecule has 2 aliphatic rings. The number of halogens is 2. The van der Waals surface area contributed by atoms with Crippen molar-refractivity contribution in [3.63, 3.8) is 0 Å². The molecular formula is C42H44F2N8O10. The number of carbonyl (C=O) groups is 3. The summed E-state index contributed by atoms with van der Waals surface area (Å²) in [6.45, 7) is 5.54. The van der Waals surface area contributed by atoms with Crippen molar-refractivity contribution in [1.82, 2.24) is 34.5 Å². The molecule has 0 bridgehead atoms. The third kappa shape index (κ3) is 8.56. The van der Waals surface area contributed by atoms with Crippen LogP contribution in [0.5, 0.6) is 23.0 Å². The number of anilines is 1. The molecule has 3 aromatic carbocycles. The zero-order valence-electron chi connectivity index (χ0n) is 33.7. The van der Waals surface area contributed by atoms with Gasteiger partial charge in [0.25, 0.3) is 11.8 Å². The number of aromatic hydroxyl groups is 2. The van der Waals surface area contributed by atoms with Crippen LogP contribution in [0, 0.1) is 5.92 Å². The number of nitrogens with zero attached hydrogens (tertiary/aromatic N) is 6. The third-order valence-electron chi connectivity index (χ3n) is 10.7. The van der Waals surface area contributed by atoms with Crippen molar-refractivity contribution < 1.29 is 53.1 Å². The number of rotatable bonds is 12. The molecule has 0 spiro atoms. The van der Waals surface area contributed by atoms with Crippen molar-refractivity contribution in [3.05, 3.63) is 100 Å². The Bertz CT molecular complexity index is 2520. The molecule has 1 unspecified atom stereocenters. The second-order valence-corrected chi connectivity index (χ2v) is 15.1. The molecule has 6 N–H and O–H groups in total. The van der Waals surface area contributed by atoms with Gasteiger partial charge in [-0.2, -0.15) is 13.8 Å². The minimum atomic E-state index is -3.88. The van der Waals surface area contributed by atoms with Gasteiger partial charge in [0.05, 0.1) is 12.2 Å². The monoisotopic (exact) mass is 858 g/mol. The van der Waals surface area contributed by atoms with Crippen LogP contribution >= 0.6 is 0 Å². The van der Waals surface area contributed by atoms with Crippen molar-refractivity contribution in [2.45, 2.75) is 63.9 Å². The smallest absolute Gasteiger partial charge is 0.351 e. The van der Waals surface area contributed by atoms with Gasteiger partial charge in [0.2, 0.25) is 18.0 Å². The lowest BCUT2D eigenvalue weighted by Gasteiger charge is -2.31. The predicted octanol–water partition coefficient (Wildman–Crippen LogP) is 3.94. The summed E-state index contributed by atoms with van der Waals surface area (Å²) in [7, 11) is 0. The summed E-state index contributed by atoms with van der Waals surface area (Å²) in [5, 5.41) is 53.8. The third-order valence-corrected chi connectivity index (χ3v) is 10.7. The van der Waals surface area contributed by atoms with Crippen molar-refractivity contribution >= 4 is 23.5 Å². The number of aliphatic hydroxyl groups is 2. The van der Waals surface area contributed by atoms with Crippen molar-refractivity contribution in [3.8, 4) is 40.1 Å². The number of phenolic OH excluding ortho intramolecular Hbond substituents is 2. The lowest BCUT2D eigenvalue weighted by Crippen LogP contribution is -2.42. The van der Waals surface area contributed by atoms with Gasteiger partial charge in [0.15, 0.2) is 11.9 Å². The van der Waals surface area contributed by atoms with Crippen LogP contribution in [0.1, 0.15) is 72.3 Å². The van der Waals surface area contributed by atoms with E-state index in [1.165, 1.54) is 10.6 Å². The molecule has 3 amide bonds. The number of phenols is 2. The van der Waals surface area contributed by atoms with Gasteiger partial charge in [0, 0.05) is 49.1 Å². The number of likely N-dealkylation sites (tertiary alicyclic amines) is 1. The molecule has 0 aliphatic carbocycles. The lowest BCUT2D eigenvalue weighted by atomic mass is 9.95. The van der Waals surface area contributed by atoms with Crippen molar-refractivity contribution in [2.75, 3.05) is 31.6 Å². The van der Waals surface area contributed by atoms with E-state index >= 15 is 0 Å². The first-order valence-electron chi connectivity index (χ1n) is 19.8. The van der Waals surface area contributed by atoms with E-state index in [1.807, 2.05) is 13.8 Å². The maximum atomic E-state index is 14.5. The Morgan fingerprint density at radius 3 is 2.23 bits per heavy atom. The second kappa shape index (κ2) is 17.7. The van der Waals surface area contributed by atoms with E-state index in [0.29, 0.717) is 52.3 Å². The number of alkyl halides is 2. The summed E-state index contributed by atoms with van der Waals surface area (Å²) < 4.78 is 42.1. The molecular weight excluding hydrogens is 815 g/mol. The maximum Gasteiger partial charge on any atom is 0.351 e. The number of carbonyl (C=O) groups excluding carboxylic acids is 3. The van der Waals surface area contributed by atoms with Crippen LogP contribution in [0.4, 0.5) is 14.6 Å². The van der Waals surface area contributed by atoms with Gasteiger partial charge in [-0.1, -0.05) is 13.8 Å². The molecule has 2 saturated heterocycles. The molecule has 326 valence electrons. The van der Waals surface area contributed by atoms with Crippen molar-refractivity contribution in [2.24, 2.45) is 5.92 Å². The average molecular weight is 859 g/mol. The van der Waals surface area contributed by atoms with E-state index in [0.717, 1.165) is 12.3 Å². The fourth-order valence-corrected chi connectivity index (χ4v) is 7.33. The van der Waals surface area contributed by atoms with Gasteiger partial charge in [-0.25, -0.2) is 4.79 Å². The Morgan fingerprint density at radius 2 is 1.63 bits per heavy atom. The van der Waals surface area contributed by atoms with Crippen LogP contribution in [0.15, 0.2) is 77.7 Å². The number of piperidine rings is 1. The Balaban J connectivity index is 0.962. The minimum Gasteiger partial charge on any atom is -0.508 e. The molecule has 0 radical (unpaired) electrons. The molecule has 2 aromatic heterocycles. The highest BCUT2D eigenvalue weighted by Gasteiger charge is 2.59. The minimum absolute atomic E-state index is 0.0190. The molecule has 4 heterocycles. The summed E-state index contributed by atoms with van der Waals surface area (Å²) in [5.41, 5.74) is 0.573. The number of nitrogens with one attached hydrogen (secondary N) is 2. The van der Waals surface area contributed by atoms with Gasteiger partial charge in [-0.05, 0) is 91.9 Å². The number of hydrogen-bond acceptors (Lipinski definition) is 13. The largest absolute Gasteiger partial charge is 0.508 e. The van der Waals surface area contributed by atoms with Gasteiger partial charge in [0.1, 0.15) is 34.9 Å². The predicted molar refractivity (Wildman–Crippen MR) is 216 cm³/mol. The number of amides is 3. The van der Waals surface area contributed by atoms with Gasteiger partial charge >= 0.3 is 11.6 Å². The molecule has 18 nitrogen and oxygen atoms in total. The average Bonchev–Trinajstić information content (AvgIpc) is 3.79. The first kappa shape index (κ1) is 43.3. The highest BCUT2D eigenvalue weighted by molar-refractivity contribution is 5.95. The highest BCUT2D eigenvalue weighted by atomic mass is 19.3. The number of hydrogen-bond donors (Lipinski definition) is 6. The van der Waals surface area contributed by atoms with Crippen LogP contribution in [-0.4, -0.2) is 112 Å². The molecule has 0 saturated carbocycles. The summed E-state index contributed by atoms with van der Waals surface area (Å²) in [6, 6.07) is 17.2. The lowest BCUT2D eigenvalue weighted by molar-refractivity contribution is -0.141. The topological polar surface area (TPSA) is 243 Å². The fraction of sp³-hybridized carbons (Fsp3) is 0.357. The van der Waals surface area contributed by atoms with Crippen LogP contribution in [-0.2, 0) is 9.53 Å². The highest BCUT2D eigenvalue weighted by Crippen LogP contribution is 2.42. The van der Waals surface area contributed by atoms with Crippen LogP contribution in [0.2, 0.25) is 0 Å². The summed E-state index contributed by atoms with van der Waals surface area (Å²) >= 11 is 0. The normalized spacial score (nSPS) is 18.8. The quantitative estimate of drug-likeness (QED) is 0.104. The molecule has 20 heteroatoms.